The maximum absolute atomic E-state index is 15.2. The number of anilines is 2. The number of aromatic nitrogens is 3. The normalized spacial score (nSPS) is 18.7. The van der Waals surface area contributed by atoms with E-state index >= 15 is 4.39 Å². The molecule has 4 heterocycles. The second-order valence-corrected chi connectivity index (χ2v) is 10.7. The molecular weight excluding hydrogens is 547 g/mol. The Balaban J connectivity index is 0.973. The third kappa shape index (κ3) is 6.11. The highest BCUT2D eigenvalue weighted by atomic mass is 19.1. The van der Waals surface area contributed by atoms with Gasteiger partial charge in [-0.25, -0.2) is 14.2 Å². The van der Waals surface area contributed by atoms with Gasteiger partial charge in [0.25, 0.3) is 5.91 Å². The molecule has 1 aliphatic carbocycles. The number of halogens is 1. The summed E-state index contributed by atoms with van der Waals surface area (Å²) in [6, 6.07) is 4.58. The summed E-state index contributed by atoms with van der Waals surface area (Å²) >= 11 is 0. The molecule has 4 amide bonds. The number of carbonyl (C=O) groups is 4. The SMILES string of the molecule is O=C(CC1CC1)NC[C@H]1CN(c2ccc(N3CCN(C(=O)CNC(=O)c4cn5ccncc5n4)CC3)c(F)c2)C(=O)O1. The number of hydrogen-bond acceptors (Lipinski definition) is 8. The fourth-order valence-electron chi connectivity index (χ4n) is 5.15. The molecule has 6 rings (SSSR count). The third-order valence-corrected chi connectivity index (χ3v) is 7.69. The highest BCUT2D eigenvalue weighted by Crippen LogP contribution is 2.32. The molecule has 0 radical (unpaired) electrons. The largest absolute Gasteiger partial charge is 0.442 e. The molecule has 3 fully saturated rings. The number of rotatable bonds is 9. The van der Waals surface area contributed by atoms with Gasteiger partial charge in [-0.1, -0.05) is 0 Å². The van der Waals surface area contributed by atoms with E-state index in [9.17, 15) is 19.2 Å². The predicted octanol–water partition coefficient (Wildman–Crippen LogP) is 1.19. The Hall–Kier alpha value is -4.75. The Kier molecular flexibility index (Phi) is 7.59. The molecule has 3 aromatic rings. The molecule has 14 heteroatoms. The lowest BCUT2D eigenvalue weighted by Crippen LogP contribution is -2.51. The van der Waals surface area contributed by atoms with Crippen LogP contribution in [0.3, 0.4) is 0 Å². The van der Waals surface area contributed by atoms with Crippen molar-refractivity contribution < 1.29 is 28.3 Å². The van der Waals surface area contributed by atoms with Gasteiger partial charge >= 0.3 is 6.09 Å². The predicted molar refractivity (Wildman–Crippen MR) is 148 cm³/mol. The second kappa shape index (κ2) is 11.6. The van der Waals surface area contributed by atoms with Crippen molar-refractivity contribution >= 4 is 40.8 Å². The van der Waals surface area contributed by atoms with E-state index in [4.69, 9.17) is 4.74 Å². The van der Waals surface area contributed by atoms with Crippen molar-refractivity contribution in [3.8, 4) is 0 Å². The van der Waals surface area contributed by atoms with Crippen LogP contribution in [0.4, 0.5) is 20.6 Å². The minimum atomic E-state index is -0.582. The number of hydrogen-bond donors (Lipinski definition) is 2. The summed E-state index contributed by atoms with van der Waals surface area (Å²) in [6.07, 6.45) is 7.94. The topological polar surface area (TPSA) is 141 Å². The van der Waals surface area contributed by atoms with E-state index in [0.717, 1.165) is 12.8 Å². The van der Waals surface area contributed by atoms with Gasteiger partial charge in [0.1, 0.15) is 17.6 Å². The van der Waals surface area contributed by atoms with Crippen molar-refractivity contribution in [3.05, 3.63) is 54.5 Å². The van der Waals surface area contributed by atoms with E-state index < -0.39 is 23.9 Å². The molecule has 2 aromatic heterocycles. The average Bonchev–Trinajstić information content (AvgIpc) is 3.56. The summed E-state index contributed by atoms with van der Waals surface area (Å²) < 4.78 is 22.2. The van der Waals surface area contributed by atoms with Gasteiger partial charge in [-0.15, -0.1) is 0 Å². The number of nitrogens with zero attached hydrogens (tertiary/aromatic N) is 6. The zero-order chi connectivity index (χ0) is 29.2. The van der Waals surface area contributed by atoms with Gasteiger partial charge in [0.15, 0.2) is 5.65 Å². The molecule has 0 unspecified atom stereocenters. The molecule has 42 heavy (non-hydrogen) atoms. The average molecular weight is 579 g/mol. The summed E-state index contributed by atoms with van der Waals surface area (Å²) in [5.41, 5.74) is 1.46. The minimum absolute atomic E-state index is 0.0462. The number of cyclic esters (lactones) is 1. The van der Waals surface area contributed by atoms with Gasteiger partial charge in [0.05, 0.1) is 37.2 Å². The van der Waals surface area contributed by atoms with Gasteiger partial charge in [0, 0.05) is 51.2 Å². The lowest BCUT2D eigenvalue weighted by molar-refractivity contribution is -0.130. The van der Waals surface area contributed by atoms with Crippen molar-refractivity contribution in [1.82, 2.24) is 29.9 Å². The summed E-state index contributed by atoms with van der Waals surface area (Å²) in [6.45, 7) is 1.80. The molecule has 1 aromatic carbocycles. The maximum Gasteiger partial charge on any atom is 0.414 e. The Morgan fingerprint density at radius 3 is 2.64 bits per heavy atom. The van der Waals surface area contributed by atoms with Crippen LogP contribution in [0, 0.1) is 11.7 Å². The van der Waals surface area contributed by atoms with Crippen molar-refractivity contribution in [3.63, 3.8) is 0 Å². The number of carbonyl (C=O) groups excluding carboxylic acids is 4. The van der Waals surface area contributed by atoms with Gasteiger partial charge < -0.3 is 29.6 Å². The molecule has 2 aliphatic heterocycles. The van der Waals surface area contributed by atoms with E-state index in [2.05, 4.69) is 20.6 Å². The molecule has 13 nitrogen and oxygen atoms in total. The van der Waals surface area contributed by atoms with Gasteiger partial charge in [-0.05, 0) is 37.0 Å². The summed E-state index contributed by atoms with van der Waals surface area (Å²) in [7, 11) is 0. The second-order valence-electron chi connectivity index (χ2n) is 10.7. The minimum Gasteiger partial charge on any atom is -0.442 e. The number of amides is 4. The summed E-state index contributed by atoms with van der Waals surface area (Å²) in [5, 5.41) is 5.42. The van der Waals surface area contributed by atoms with Gasteiger partial charge in [-0.2, -0.15) is 0 Å². The van der Waals surface area contributed by atoms with Crippen LogP contribution in [0.2, 0.25) is 0 Å². The molecular formula is C28H31FN8O5. The first-order valence-corrected chi connectivity index (χ1v) is 14.0. The van der Waals surface area contributed by atoms with Crippen LogP contribution in [0.5, 0.6) is 0 Å². The Morgan fingerprint density at radius 2 is 1.90 bits per heavy atom. The number of piperazine rings is 1. The van der Waals surface area contributed by atoms with E-state index in [-0.39, 0.29) is 37.1 Å². The van der Waals surface area contributed by atoms with Crippen molar-refractivity contribution in [2.75, 3.05) is 55.6 Å². The zero-order valence-electron chi connectivity index (χ0n) is 22.9. The van der Waals surface area contributed by atoms with Crippen LogP contribution in [0.1, 0.15) is 29.8 Å². The first-order valence-electron chi connectivity index (χ1n) is 14.0. The molecule has 220 valence electrons. The van der Waals surface area contributed by atoms with E-state index in [1.807, 2.05) is 4.90 Å². The summed E-state index contributed by atoms with van der Waals surface area (Å²) in [5.74, 6) is -0.765. The molecule has 0 spiro atoms. The van der Waals surface area contributed by atoms with Crippen molar-refractivity contribution in [1.29, 1.82) is 0 Å². The third-order valence-electron chi connectivity index (χ3n) is 7.69. The number of nitrogens with one attached hydrogen (secondary N) is 2. The van der Waals surface area contributed by atoms with Crippen molar-refractivity contribution in [2.24, 2.45) is 5.92 Å². The van der Waals surface area contributed by atoms with Crippen LogP contribution in [0.25, 0.3) is 5.65 Å². The number of fused-ring (bicyclic) bond motifs is 1. The Labute approximate surface area is 240 Å². The quantitative estimate of drug-likeness (QED) is 0.386. The zero-order valence-corrected chi connectivity index (χ0v) is 22.9. The lowest BCUT2D eigenvalue weighted by atomic mass is 10.2. The van der Waals surface area contributed by atoms with Gasteiger partial charge in [0.2, 0.25) is 11.8 Å². The Morgan fingerprint density at radius 1 is 1.10 bits per heavy atom. The molecule has 3 aliphatic rings. The smallest absolute Gasteiger partial charge is 0.414 e. The molecule has 2 N–H and O–H groups in total. The molecule has 0 bridgehead atoms. The first-order chi connectivity index (χ1) is 20.3. The van der Waals surface area contributed by atoms with Crippen LogP contribution < -0.4 is 20.4 Å². The molecule has 1 atom stereocenters. The van der Waals surface area contributed by atoms with E-state index in [1.54, 1.807) is 40.0 Å². The summed E-state index contributed by atoms with van der Waals surface area (Å²) in [4.78, 5) is 62.5. The highest BCUT2D eigenvalue weighted by Gasteiger charge is 2.34. The molecule has 1 saturated carbocycles. The highest BCUT2D eigenvalue weighted by molar-refractivity contribution is 5.95. The van der Waals surface area contributed by atoms with E-state index in [1.165, 1.54) is 17.2 Å². The molecule has 2 saturated heterocycles. The first kappa shape index (κ1) is 27.4. The number of imidazole rings is 1. The maximum atomic E-state index is 15.2. The fraction of sp³-hybridized carbons (Fsp3) is 0.429. The number of benzene rings is 1. The van der Waals surface area contributed by atoms with E-state index in [0.29, 0.717) is 55.5 Å². The number of ether oxygens (including phenoxy) is 1. The van der Waals surface area contributed by atoms with Crippen LogP contribution in [-0.2, 0) is 14.3 Å². The lowest BCUT2D eigenvalue weighted by Gasteiger charge is -2.36. The van der Waals surface area contributed by atoms with Crippen LogP contribution in [0.15, 0.2) is 43.0 Å². The van der Waals surface area contributed by atoms with Crippen LogP contribution >= 0.6 is 0 Å². The standard InChI is InChI=1S/C28H31FN8O5/c29-21-12-19(37-16-20(42-28(37)41)13-31-25(38)11-18-1-2-18)3-4-23(21)34-7-9-35(10-8-34)26(39)15-32-27(40)22-17-36-6-5-30-14-24(36)33-22/h3-6,12,14,17-18,20H,1-2,7-11,13,15-16H2,(H,31,38)(H,32,40)/t20-/m0/s1. The van der Waals surface area contributed by atoms with Crippen LogP contribution in [-0.4, -0.2) is 95.0 Å². The van der Waals surface area contributed by atoms with Gasteiger partial charge in [-0.3, -0.25) is 24.3 Å². The Bertz CT molecular complexity index is 1480. The monoisotopic (exact) mass is 578 g/mol. The fourth-order valence-corrected chi connectivity index (χ4v) is 5.15. The van der Waals surface area contributed by atoms with Crippen molar-refractivity contribution in [2.45, 2.75) is 25.4 Å².